The maximum atomic E-state index is 8.37. The van der Waals surface area contributed by atoms with Crippen molar-refractivity contribution in [3.8, 4) is 0 Å². The SMILES string of the molecule is [CH2]C(CC)CC(O)O. The van der Waals surface area contributed by atoms with Crippen LogP contribution in [0.2, 0.25) is 0 Å². The van der Waals surface area contributed by atoms with Gasteiger partial charge in [0.25, 0.3) is 0 Å². The molecule has 0 aromatic heterocycles. The molecule has 0 saturated carbocycles. The first-order valence-electron chi connectivity index (χ1n) is 2.86. The zero-order valence-electron chi connectivity index (χ0n) is 5.17. The lowest BCUT2D eigenvalue weighted by atomic mass is 10.1. The molecule has 0 aliphatic rings. The molecule has 2 N–H and O–H groups in total. The Morgan fingerprint density at radius 2 is 2.00 bits per heavy atom. The van der Waals surface area contributed by atoms with E-state index in [0.717, 1.165) is 6.42 Å². The summed E-state index contributed by atoms with van der Waals surface area (Å²) >= 11 is 0. The number of aliphatic hydroxyl groups is 2. The van der Waals surface area contributed by atoms with Crippen molar-refractivity contribution in [3.63, 3.8) is 0 Å². The third-order valence-electron chi connectivity index (χ3n) is 1.12. The average molecular weight is 117 g/mol. The summed E-state index contributed by atoms with van der Waals surface area (Å²) in [4.78, 5) is 0. The van der Waals surface area contributed by atoms with Gasteiger partial charge in [0.05, 0.1) is 0 Å². The topological polar surface area (TPSA) is 40.5 Å². The fraction of sp³-hybridized carbons (Fsp3) is 0.833. The molecule has 0 amide bonds. The molecule has 0 heterocycles. The van der Waals surface area contributed by atoms with Crippen molar-refractivity contribution in [2.24, 2.45) is 5.92 Å². The first-order valence-corrected chi connectivity index (χ1v) is 2.86. The van der Waals surface area contributed by atoms with Gasteiger partial charge in [0, 0.05) is 6.42 Å². The van der Waals surface area contributed by atoms with Gasteiger partial charge in [0.15, 0.2) is 6.29 Å². The first-order chi connectivity index (χ1) is 3.66. The Balaban J connectivity index is 3.10. The van der Waals surface area contributed by atoms with Gasteiger partial charge in [-0.05, 0) is 5.92 Å². The van der Waals surface area contributed by atoms with E-state index in [9.17, 15) is 0 Å². The molecule has 0 rings (SSSR count). The van der Waals surface area contributed by atoms with E-state index >= 15 is 0 Å². The van der Waals surface area contributed by atoms with E-state index < -0.39 is 6.29 Å². The molecule has 49 valence electrons. The molecule has 0 spiro atoms. The Morgan fingerprint density at radius 3 is 2.12 bits per heavy atom. The highest BCUT2D eigenvalue weighted by Crippen LogP contribution is 2.06. The maximum Gasteiger partial charge on any atom is 0.151 e. The van der Waals surface area contributed by atoms with Crippen molar-refractivity contribution in [2.45, 2.75) is 26.1 Å². The minimum atomic E-state index is -1.18. The van der Waals surface area contributed by atoms with Crippen LogP contribution in [-0.2, 0) is 0 Å². The molecule has 2 heteroatoms. The zero-order valence-corrected chi connectivity index (χ0v) is 5.17. The predicted octanol–water partition coefficient (Wildman–Crippen LogP) is 0.547. The lowest BCUT2D eigenvalue weighted by Crippen LogP contribution is -2.09. The molecule has 1 unspecified atom stereocenters. The van der Waals surface area contributed by atoms with Crippen molar-refractivity contribution in [1.29, 1.82) is 0 Å². The van der Waals surface area contributed by atoms with Crippen LogP contribution in [0.3, 0.4) is 0 Å². The molecule has 0 saturated heterocycles. The van der Waals surface area contributed by atoms with E-state index in [0.29, 0.717) is 6.42 Å². The largest absolute Gasteiger partial charge is 0.368 e. The molecule has 0 aromatic rings. The van der Waals surface area contributed by atoms with E-state index in [1.165, 1.54) is 0 Å². The molecular weight excluding hydrogens is 104 g/mol. The van der Waals surface area contributed by atoms with Gasteiger partial charge >= 0.3 is 0 Å². The molecule has 0 aliphatic carbocycles. The Morgan fingerprint density at radius 1 is 1.50 bits per heavy atom. The van der Waals surface area contributed by atoms with Gasteiger partial charge in [-0.2, -0.15) is 0 Å². The summed E-state index contributed by atoms with van der Waals surface area (Å²) in [5, 5.41) is 16.7. The van der Waals surface area contributed by atoms with Crippen molar-refractivity contribution < 1.29 is 10.2 Å². The van der Waals surface area contributed by atoms with Gasteiger partial charge < -0.3 is 10.2 Å². The van der Waals surface area contributed by atoms with Crippen LogP contribution < -0.4 is 0 Å². The standard InChI is InChI=1S/C6H13O2/c1-3-5(2)4-6(7)8/h5-8H,2-4H2,1H3. The van der Waals surface area contributed by atoms with Gasteiger partial charge in [-0.3, -0.25) is 0 Å². The van der Waals surface area contributed by atoms with Crippen LogP contribution in [0.5, 0.6) is 0 Å². The summed E-state index contributed by atoms with van der Waals surface area (Å²) in [5.41, 5.74) is 0. The molecule has 1 atom stereocenters. The molecule has 0 fully saturated rings. The van der Waals surface area contributed by atoms with Crippen LogP contribution in [0.25, 0.3) is 0 Å². The van der Waals surface area contributed by atoms with E-state index in [1.54, 1.807) is 0 Å². The zero-order chi connectivity index (χ0) is 6.57. The monoisotopic (exact) mass is 117 g/mol. The smallest absolute Gasteiger partial charge is 0.151 e. The van der Waals surface area contributed by atoms with Gasteiger partial charge in [-0.25, -0.2) is 0 Å². The number of hydrogen-bond acceptors (Lipinski definition) is 2. The van der Waals surface area contributed by atoms with E-state index in [1.807, 2.05) is 6.92 Å². The van der Waals surface area contributed by atoms with Crippen LogP contribution in [0.1, 0.15) is 19.8 Å². The highest BCUT2D eigenvalue weighted by molar-refractivity contribution is 4.58. The van der Waals surface area contributed by atoms with Crippen LogP contribution >= 0.6 is 0 Å². The Kier molecular flexibility index (Phi) is 3.83. The van der Waals surface area contributed by atoms with Gasteiger partial charge in [0.1, 0.15) is 0 Å². The van der Waals surface area contributed by atoms with Crippen LogP contribution in [-0.4, -0.2) is 16.5 Å². The van der Waals surface area contributed by atoms with E-state index in [2.05, 4.69) is 6.92 Å². The lowest BCUT2D eigenvalue weighted by Gasteiger charge is -2.07. The van der Waals surface area contributed by atoms with Crippen LogP contribution in [0, 0.1) is 12.8 Å². The summed E-state index contributed by atoms with van der Waals surface area (Å²) in [5.74, 6) is 0.176. The fourth-order valence-electron chi connectivity index (χ4n) is 0.465. The number of aliphatic hydroxyl groups excluding tert-OH is 1. The fourth-order valence-corrected chi connectivity index (χ4v) is 0.465. The highest BCUT2D eigenvalue weighted by Gasteiger charge is 2.03. The average Bonchev–Trinajstić information content (AvgIpc) is 1.65. The van der Waals surface area contributed by atoms with Crippen molar-refractivity contribution in [1.82, 2.24) is 0 Å². The molecule has 1 radical (unpaired) electrons. The van der Waals surface area contributed by atoms with Crippen molar-refractivity contribution in [2.75, 3.05) is 0 Å². The highest BCUT2D eigenvalue weighted by atomic mass is 16.5. The molecule has 0 aromatic carbocycles. The summed E-state index contributed by atoms with van der Waals surface area (Å²) in [6, 6.07) is 0. The van der Waals surface area contributed by atoms with Gasteiger partial charge in [-0.15, -0.1) is 0 Å². The number of hydrogen-bond donors (Lipinski definition) is 2. The second-order valence-corrected chi connectivity index (χ2v) is 1.99. The predicted molar refractivity (Wildman–Crippen MR) is 32.0 cm³/mol. The van der Waals surface area contributed by atoms with E-state index in [4.69, 9.17) is 10.2 Å². The maximum absolute atomic E-state index is 8.37. The van der Waals surface area contributed by atoms with Crippen LogP contribution in [0.4, 0.5) is 0 Å². The molecule has 0 bridgehead atoms. The third-order valence-corrected chi connectivity index (χ3v) is 1.12. The van der Waals surface area contributed by atoms with Gasteiger partial charge in [0.2, 0.25) is 0 Å². The second-order valence-electron chi connectivity index (χ2n) is 1.99. The van der Waals surface area contributed by atoms with Gasteiger partial charge in [-0.1, -0.05) is 20.3 Å². The lowest BCUT2D eigenvalue weighted by molar-refractivity contribution is -0.0526. The number of rotatable bonds is 3. The quantitative estimate of drug-likeness (QED) is 0.530. The van der Waals surface area contributed by atoms with Crippen molar-refractivity contribution >= 4 is 0 Å². The second kappa shape index (κ2) is 3.87. The summed E-state index contributed by atoms with van der Waals surface area (Å²) in [6.07, 6.45) is 0.103. The Hall–Kier alpha value is -0.0800. The minimum absolute atomic E-state index is 0.176. The third kappa shape index (κ3) is 4.09. The molecular formula is C6H13O2. The summed E-state index contributed by atoms with van der Waals surface area (Å²) < 4.78 is 0. The summed E-state index contributed by atoms with van der Waals surface area (Å²) in [7, 11) is 0. The van der Waals surface area contributed by atoms with Crippen LogP contribution in [0.15, 0.2) is 0 Å². The Bertz CT molecular complexity index is 52.5. The first kappa shape index (κ1) is 7.92. The van der Waals surface area contributed by atoms with E-state index in [-0.39, 0.29) is 5.92 Å². The molecule has 2 nitrogen and oxygen atoms in total. The Labute approximate surface area is 50.2 Å². The normalized spacial score (nSPS) is 14.6. The molecule has 8 heavy (non-hydrogen) atoms. The summed E-state index contributed by atoms with van der Waals surface area (Å²) in [6.45, 7) is 5.65. The molecule has 0 aliphatic heterocycles. The minimum Gasteiger partial charge on any atom is -0.368 e. The van der Waals surface area contributed by atoms with Crippen molar-refractivity contribution in [3.05, 3.63) is 6.92 Å².